The van der Waals surface area contributed by atoms with Crippen LogP contribution in [0.1, 0.15) is 11.3 Å². The Bertz CT molecular complexity index is 941. The minimum absolute atomic E-state index is 0.0479. The number of para-hydroxylation sites is 1. The molecule has 1 N–H and O–H groups in total. The molecule has 1 amide bonds. The fourth-order valence-corrected chi connectivity index (χ4v) is 3.18. The monoisotopic (exact) mass is 337 g/mol. The van der Waals surface area contributed by atoms with Gasteiger partial charge in [0.1, 0.15) is 0 Å². The van der Waals surface area contributed by atoms with Crippen molar-refractivity contribution < 1.29 is 4.79 Å². The fourth-order valence-electron chi connectivity index (χ4n) is 2.46. The highest BCUT2D eigenvalue weighted by Gasteiger charge is 2.09. The molecule has 24 heavy (non-hydrogen) atoms. The second kappa shape index (κ2) is 6.29. The van der Waals surface area contributed by atoms with Gasteiger partial charge in [-0.05, 0) is 12.1 Å². The topological polar surface area (TPSA) is 64.2 Å². The Morgan fingerprint density at radius 1 is 1.21 bits per heavy atom. The number of rotatable bonds is 5. The SMILES string of the molecule is O=C(Cc1cn2ccsc2n1)NCc1cnn(-c2ccccc2)c1. The second-order valence-electron chi connectivity index (χ2n) is 5.41. The maximum Gasteiger partial charge on any atom is 0.226 e. The largest absolute Gasteiger partial charge is 0.352 e. The lowest BCUT2D eigenvalue weighted by Gasteiger charge is -2.02. The molecule has 0 atom stereocenters. The van der Waals surface area contributed by atoms with Crippen LogP contribution in [0.4, 0.5) is 0 Å². The molecule has 0 spiro atoms. The number of carbonyl (C=O) groups excluding carboxylic acids is 1. The number of nitrogens with one attached hydrogen (secondary N) is 1. The molecule has 0 bridgehead atoms. The first kappa shape index (κ1) is 14.6. The summed E-state index contributed by atoms with van der Waals surface area (Å²) in [6.07, 6.45) is 7.79. The van der Waals surface area contributed by atoms with Crippen molar-refractivity contribution in [2.45, 2.75) is 13.0 Å². The number of fused-ring (bicyclic) bond motifs is 1. The zero-order valence-electron chi connectivity index (χ0n) is 12.8. The van der Waals surface area contributed by atoms with Crippen LogP contribution >= 0.6 is 11.3 Å². The summed E-state index contributed by atoms with van der Waals surface area (Å²) in [5.74, 6) is -0.0479. The first-order valence-corrected chi connectivity index (χ1v) is 8.43. The molecule has 0 aliphatic rings. The number of hydrogen-bond acceptors (Lipinski definition) is 4. The van der Waals surface area contributed by atoms with E-state index in [4.69, 9.17) is 0 Å². The molecule has 4 aromatic rings. The van der Waals surface area contributed by atoms with Gasteiger partial charge < -0.3 is 5.32 Å². The maximum atomic E-state index is 12.1. The van der Waals surface area contributed by atoms with Crippen molar-refractivity contribution in [1.29, 1.82) is 0 Å². The van der Waals surface area contributed by atoms with Gasteiger partial charge in [-0.15, -0.1) is 11.3 Å². The third-order valence-electron chi connectivity index (χ3n) is 3.63. The molecule has 0 saturated heterocycles. The average molecular weight is 337 g/mol. The molecule has 0 aliphatic heterocycles. The predicted octanol–water partition coefficient (Wildman–Crippen LogP) is 2.44. The maximum absolute atomic E-state index is 12.1. The number of imidazole rings is 1. The van der Waals surface area contributed by atoms with E-state index in [1.807, 2.05) is 58.7 Å². The minimum Gasteiger partial charge on any atom is -0.352 e. The summed E-state index contributed by atoms with van der Waals surface area (Å²) in [5.41, 5.74) is 2.73. The highest BCUT2D eigenvalue weighted by atomic mass is 32.1. The van der Waals surface area contributed by atoms with Gasteiger partial charge in [0.05, 0.1) is 24.0 Å². The van der Waals surface area contributed by atoms with Crippen molar-refractivity contribution in [3.63, 3.8) is 0 Å². The van der Waals surface area contributed by atoms with E-state index < -0.39 is 0 Å². The van der Waals surface area contributed by atoms with E-state index in [1.165, 1.54) is 0 Å². The van der Waals surface area contributed by atoms with Crippen LogP contribution in [0.25, 0.3) is 10.6 Å². The van der Waals surface area contributed by atoms with Gasteiger partial charge in [-0.3, -0.25) is 9.20 Å². The Hall–Kier alpha value is -2.93. The lowest BCUT2D eigenvalue weighted by molar-refractivity contribution is -0.120. The molecular formula is C17H15N5OS. The summed E-state index contributed by atoms with van der Waals surface area (Å²) in [6.45, 7) is 0.452. The first-order valence-electron chi connectivity index (χ1n) is 7.55. The van der Waals surface area contributed by atoms with Gasteiger partial charge in [0.25, 0.3) is 0 Å². The quantitative estimate of drug-likeness (QED) is 0.608. The summed E-state index contributed by atoms with van der Waals surface area (Å²) < 4.78 is 3.72. The van der Waals surface area contributed by atoms with E-state index in [-0.39, 0.29) is 12.3 Å². The van der Waals surface area contributed by atoms with Crippen LogP contribution in [0.15, 0.2) is 60.5 Å². The van der Waals surface area contributed by atoms with Gasteiger partial charge >= 0.3 is 0 Å². The minimum atomic E-state index is -0.0479. The van der Waals surface area contributed by atoms with Crippen LogP contribution in [0.2, 0.25) is 0 Å². The predicted molar refractivity (Wildman–Crippen MR) is 92.2 cm³/mol. The molecule has 0 unspecified atom stereocenters. The van der Waals surface area contributed by atoms with Gasteiger partial charge in [0, 0.05) is 36.1 Å². The Kier molecular flexibility index (Phi) is 3.84. The van der Waals surface area contributed by atoms with E-state index in [9.17, 15) is 4.79 Å². The molecule has 3 heterocycles. The Morgan fingerprint density at radius 2 is 2.08 bits per heavy atom. The van der Waals surface area contributed by atoms with Crippen LogP contribution in [0.5, 0.6) is 0 Å². The van der Waals surface area contributed by atoms with Crippen molar-refractivity contribution in [3.8, 4) is 5.69 Å². The average Bonchev–Trinajstić information content (AvgIpc) is 3.29. The van der Waals surface area contributed by atoms with Crippen molar-refractivity contribution in [3.05, 3.63) is 71.8 Å². The first-order chi connectivity index (χ1) is 11.8. The molecule has 120 valence electrons. The van der Waals surface area contributed by atoms with Gasteiger partial charge in [-0.1, -0.05) is 18.2 Å². The van der Waals surface area contributed by atoms with Crippen LogP contribution in [0, 0.1) is 0 Å². The molecule has 3 aromatic heterocycles. The number of nitrogens with zero attached hydrogens (tertiary/aromatic N) is 4. The number of hydrogen-bond donors (Lipinski definition) is 1. The molecule has 0 radical (unpaired) electrons. The number of amides is 1. The Labute approximate surface area is 142 Å². The van der Waals surface area contributed by atoms with Gasteiger partial charge in [-0.25, -0.2) is 9.67 Å². The number of carbonyl (C=O) groups is 1. The summed E-state index contributed by atoms with van der Waals surface area (Å²) in [4.78, 5) is 17.4. The highest BCUT2D eigenvalue weighted by Crippen LogP contribution is 2.12. The Morgan fingerprint density at radius 3 is 2.92 bits per heavy atom. The molecule has 0 saturated carbocycles. The molecular weight excluding hydrogens is 322 g/mol. The molecule has 0 fully saturated rings. The zero-order valence-corrected chi connectivity index (χ0v) is 13.6. The third-order valence-corrected chi connectivity index (χ3v) is 4.40. The third kappa shape index (κ3) is 3.07. The number of thiazole rings is 1. The van der Waals surface area contributed by atoms with Crippen LogP contribution < -0.4 is 5.32 Å². The zero-order chi connectivity index (χ0) is 16.4. The van der Waals surface area contributed by atoms with Crippen LogP contribution in [-0.2, 0) is 17.8 Å². The summed E-state index contributed by atoms with van der Waals surface area (Å²) in [5, 5.41) is 9.20. The van der Waals surface area contributed by atoms with Gasteiger partial charge in [0.2, 0.25) is 5.91 Å². The van der Waals surface area contributed by atoms with E-state index in [1.54, 1.807) is 22.2 Å². The van der Waals surface area contributed by atoms with E-state index >= 15 is 0 Å². The summed E-state index contributed by atoms with van der Waals surface area (Å²) in [6, 6.07) is 9.87. The number of benzene rings is 1. The van der Waals surface area contributed by atoms with Crippen LogP contribution in [0.3, 0.4) is 0 Å². The van der Waals surface area contributed by atoms with Crippen molar-refractivity contribution in [1.82, 2.24) is 24.5 Å². The molecule has 6 nitrogen and oxygen atoms in total. The second-order valence-corrected chi connectivity index (χ2v) is 6.28. The normalized spacial score (nSPS) is 11.0. The lowest BCUT2D eigenvalue weighted by Crippen LogP contribution is -2.24. The van der Waals surface area contributed by atoms with Crippen molar-refractivity contribution in [2.75, 3.05) is 0 Å². The summed E-state index contributed by atoms with van der Waals surface area (Å²) >= 11 is 1.56. The fraction of sp³-hybridized carbons (Fsp3) is 0.118. The van der Waals surface area contributed by atoms with Crippen molar-refractivity contribution >= 4 is 22.2 Å². The highest BCUT2D eigenvalue weighted by molar-refractivity contribution is 7.15. The molecule has 7 heteroatoms. The number of aromatic nitrogens is 4. The summed E-state index contributed by atoms with van der Waals surface area (Å²) in [7, 11) is 0. The van der Waals surface area contributed by atoms with Gasteiger partial charge in [0.15, 0.2) is 4.96 Å². The van der Waals surface area contributed by atoms with E-state index in [2.05, 4.69) is 15.4 Å². The Balaban J connectivity index is 1.35. The van der Waals surface area contributed by atoms with Crippen molar-refractivity contribution in [2.24, 2.45) is 0 Å². The molecule has 0 aliphatic carbocycles. The van der Waals surface area contributed by atoms with E-state index in [0.29, 0.717) is 6.54 Å². The molecule has 4 rings (SSSR count). The standard InChI is InChI=1S/C17H15N5OS/c23-16(8-14-12-21-6-7-24-17(21)20-14)18-9-13-10-19-22(11-13)15-4-2-1-3-5-15/h1-7,10-12H,8-9H2,(H,18,23). The lowest BCUT2D eigenvalue weighted by atomic mass is 10.3. The smallest absolute Gasteiger partial charge is 0.226 e. The van der Waals surface area contributed by atoms with Gasteiger partial charge in [-0.2, -0.15) is 5.10 Å². The van der Waals surface area contributed by atoms with Crippen LogP contribution in [-0.4, -0.2) is 25.1 Å². The molecule has 1 aromatic carbocycles. The van der Waals surface area contributed by atoms with E-state index in [0.717, 1.165) is 21.9 Å².